The molecule has 4 aromatic carbocycles. The van der Waals surface area contributed by atoms with Gasteiger partial charge in [-0.3, -0.25) is 4.79 Å². The standard InChI is InChI=1S/C28H24ClNO2/c29-25-19-11-10-18-24(25)28(22-14-6-2-7-15-22,23-16-8-3-9-17-23)32-27(31)26(30)20-21-12-4-1-5-13-21/h1-19,26H,20,30H2. The molecule has 0 fully saturated rings. The fourth-order valence-corrected chi connectivity index (χ4v) is 4.19. The molecule has 4 rings (SSSR count). The number of nitrogens with two attached hydrogens (primary N) is 1. The fourth-order valence-electron chi connectivity index (χ4n) is 3.92. The minimum absolute atomic E-state index is 0.377. The Kier molecular flexibility index (Phi) is 6.69. The normalized spacial score (nSPS) is 12.2. The van der Waals surface area contributed by atoms with E-state index < -0.39 is 17.6 Å². The van der Waals surface area contributed by atoms with Crippen LogP contribution in [0.15, 0.2) is 115 Å². The summed E-state index contributed by atoms with van der Waals surface area (Å²) >= 11 is 6.68. The lowest BCUT2D eigenvalue weighted by Gasteiger charge is -2.36. The predicted octanol–water partition coefficient (Wildman–Crippen LogP) is 5.75. The highest BCUT2D eigenvalue weighted by Gasteiger charge is 2.42. The molecule has 0 saturated heterocycles. The molecule has 0 aliphatic rings. The number of hydrogen-bond donors (Lipinski definition) is 1. The first-order valence-corrected chi connectivity index (χ1v) is 10.9. The number of rotatable bonds is 7. The molecule has 0 aliphatic carbocycles. The van der Waals surface area contributed by atoms with Crippen molar-refractivity contribution in [3.05, 3.63) is 143 Å². The smallest absolute Gasteiger partial charge is 0.324 e. The molecule has 2 N–H and O–H groups in total. The number of hydrogen-bond acceptors (Lipinski definition) is 3. The third-order valence-corrected chi connectivity index (χ3v) is 5.80. The zero-order chi connectivity index (χ0) is 22.4. The Balaban J connectivity index is 1.83. The first-order valence-electron chi connectivity index (χ1n) is 10.5. The van der Waals surface area contributed by atoms with E-state index in [-0.39, 0.29) is 0 Å². The van der Waals surface area contributed by atoms with Crippen LogP contribution in [0.1, 0.15) is 22.3 Å². The second kappa shape index (κ2) is 9.82. The van der Waals surface area contributed by atoms with Crippen molar-refractivity contribution in [3.63, 3.8) is 0 Å². The van der Waals surface area contributed by atoms with Gasteiger partial charge in [0.15, 0.2) is 5.60 Å². The van der Waals surface area contributed by atoms with E-state index in [1.807, 2.05) is 109 Å². The lowest BCUT2D eigenvalue weighted by Crippen LogP contribution is -2.42. The number of halogens is 1. The van der Waals surface area contributed by atoms with E-state index in [1.54, 1.807) is 6.07 Å². The molecule has 0 bridgehead atoms. The van der Waals surface area contributed by atoms with Crippen LogP contribution in [0.3, 0.4) is 0 Å². The summed E-state index contributed by atoms with van der Waals surface area (Å²) in [6, 6.07) is 35.6. The second-order valence-corrected chi connectivity index (χ2v) is 8.02. The SMILES string of the molecule is NC(Cc1ccccc1)C(=O)OC(c1ccccc1)(c1ccccc1)c1ccccc1Cl. The molecule has 0 saturated carbocycles. The molecule has 160 valence electrons. The predicted molar refractivity (Wildman–Crippen MR) is 128 cm³/mol. The summed E-state index contributed by atoms with van der Waals surface area (Å²) in [5.41, 5.74) is 8.31. The van der Waals surface area contributed by atoms with Crippen LogP contribution in [0.25, 0.3) is 0 Å². The summed E-state index contributed by atoms with van der Waals surface area (Å²) in [5.74, 6) is -0.499. The van der Waals surface area contributed by atoms with Gasteiger partial charge in [-0.15, -0.1) is 0 Å². The average Bonchev–Trinajstić information content (AvgIpc) is 2.84. The summed E-state index contributed by atoms with van der Waals surface area (Å²) in [6.07, 6.45) is 0.377. The van der Waals surface area contributed by atoms with E-state index >= 15 is 0 Å². The van der Waals surface area contributed by atoms with E-state index in [1.165, 1.54) is 0 Å². The number of carbonyl (C=O) groups is 1. The van der Waals surface area contributed by atoms with E-state index in [9.17, 15) is 4.79 Å². The molecule has 0 aliphatic heterocycles. The second-order valence-electron chi connectivity index (χ2n) is 7.61. The maximum atomic E-state index is 13.4. The largest absolute Gasteiger partial charge is 0.443 e. The van der Waals surface area contributed by atoms with Crippen LogP contribution in [0.5, 0.6) is 0 Å². The number of ether oxygens (including phenoxy) is 1. The van der Waals surface area contributed by atoms with Gasteiger partial charge in [0.05, 0.1) is 0 Å². The summed E-state index contributed by atoms with van der Waals surface area (Å²) in [6.45, 7) is 0. The van der Waals surface area contributed by atoms with Gasteiger partial charge in [-0.1, -0.05) is 121 Å². The molecule has 32 heavy (non-hydrogen) atoms. The summed E-state index contributed by atoms with van der Waals surface area (Å²) in [4.78, 5) is 13.4. The minimum atomic E-state index is -1.24. The third-order valence-electron chi connectivity index (χ3n) is 5.47. The van der Waals surface area contributed by atoms with Gasteiger partial charge in [0.1, 0.15) is 6.04 Å². The average molecular weight is 442 g/mol. The lowest BCUT2D eigenvalue weighted by molar-refractivity contribution is -0.155. The van der Waals surface area contributed by atoms with Gasteiger partial charge in [0.25, 0.3) is 0 Å². The van der Waals surface area contributed by atoms with Gasteiger partial charge < -0.3 is 10.5 Å². The summed E-state index contributed by atoms with van der Waals surface area (Å²) < 4.78 is 6.36. The highest BCUT2D eigenvalue weighted by atomic mass is 35.5. The third kappa shape index (κ3) is 4.45. The van der Waals surface area contributed by atoms with Gasteiger partial charge >= 0.3 is 5.97 Å². The van der Waals surface area contributed by atoms with Crippen LogP contribution in [0.4, 0.5) is 0 Å². The van der Waals surface area contributed by atoms with E-state index in [0.717, 1.165) is 16.7 Å². The van der Waals surface area contributed by atoms with Gasteiger partial charge in [-0.05, 0) is 18.1 Å². The van der Waals surface area contributed by atoms with Crippen molar-refractivity contribution in [1.29, 1.82) is 0 Å². The van der Waals surface area contributed by atoms with Crippen molar-refractivity contribution >= 4 is 17.6 Å². The molecule has 0 aromatic heterocycles. The van der Waals surface area contributed by atoms with Crippen molar-refractivity contribution < 1.29 is 9.53 Å². The van der Waals surface area contributed by atoms with E-state index in [2.05, 4.69) is 0 Å². The Morgan fingerprint density at radius 3 is 1.75 bits per heavy atom. The molecule has 0 amide bonds. The van der Waals surface area contributed by atoms with Crippen LogP contribution >= 0.6 is 11.6 Å². The molecule has 4 heteroatoms. The Labute approximate surface area is 193 Å². The minimum Gasteiger partial charge on any atom is -0.443 e. The summed E-state index contributed by atoms with van der Waals surface area (Å²) in [5, 5.41) is 0.504. The van der Waals surface area contributed by atoms with Gasteiger partial charge in [-0.2, -0.15) is 0 Å². The maximum Gasteiger partial charge on any atom is 0.324 e. The van der Waals surface area contributed by atoms with Gasteiger partial charge in [-0.25, -0.2) is 0 Å². The molecule has 3 nitrogen and oxygen atoms in total. The number of benzene rings is 4. The van der Waals surface area contributed by atoms with Crippen molar-refractivity contribution in [1.82, 2.24) is 0 Å². The van der Waals surface area contributed by atoms with E-state index in [0.29, 0.717) is 17.0 Å². The molecular formula is C28H24ClNO2. The number of carbonyl (C=O) groups excluding carboxylic acids is 1. The van der Waals surface area contributed by atoms with Crippen LogP contribution in [-0.4, -0.2) is 12.0 Å². The van der Waals surface area contributed by atoms with Crippen LogP contribution in [0.2, 0.25) is 5.02 Å². The molecule has 0 spiro atoms. The topological polar surface area (TPSA) is 52.3 Å². The first kappa shape index (κ1) is 21.8. The zero-order valence-electron chi connectivity index (χ0n) is 17.5. The molecule has 4 aromatic rings. The highest BCUT2D eigenvalue weighted by Crippen LogP contribution is 2.43. The van der Waals surface area contributed by atoms with Crippen LogP contribution < -0.4 is 5.73 Å². The Bertz CT molecular complexity index is 1120. The molecule has 0 heterocycles. The monoisotopic (exact) mass is 441 g/mol. The first-order chi connectivity index (χ1) is 15.6. The van der Waals surface area contributed by atoms with Crippen molar-refractivity contribution in [2.45, 2.75) is 18.1 Å². The molecule has 1 unspecified atom stereocenters. The number of esters is 1. The van der Waals surface area contributed by atoms with Crippen LogP contribution in [0, 0.1) is 0 Å². The van der Waals surface area contributed by atoms with Crippen molar-refractivity contribution in [3.8, 4) is 0 Å². The Morgan fingerprint density at radius 1 is 0.750 bits per heavy atom. The molecular weight excluding hydrogens is 418 g/mol. The fraction of sp³-hybridized carbons (Fsp3) is 0.107. The molecule has 1 atom stereocenters. The van der Waals surface area contributed by atoms with E-state index in [4.69, 9.17) is 22.1 Å². The van der Waals surface area contributed by atoms with Crippen molar-refractivity contribution in [2.24, 2.45) is 5.73 Å². The van der Waals surface area contributed by atoms with Gasteiger partial charge in [0.2, 0.25) is 0 Å². The lowest BCUT2D eigenvalue weighted by atomic mass is 9.80. The molecule has 0 radical (unpaired) electrons. The van der Waals surface area contributed by atoms with Crippen molar-refractivity contribution in [2.75, 3.05) is 0 Å². The van der Waals surface area contributed by atoms with Gasteiger partial charge in [0, 0.05) is 21.7 Å². The Hall–Kier alpha value is -3.40. The summed E-state index contributed by atoms with van der Waals surface area (Å²) in [7, 11) is 0. The maximum absolute atomic E-state index is 13.4. The highest BCUT2D eigenvalue weighted by molar-refractivity contribution is 6.31. The Morgan fingerprint density at radius 2 is 1.22 bits per heavy atom. The zero-order valence-corrected chi connectivity index (χ0v) is 18.3. The van der Waals surface area contributed by atoms with Crippen LogP contribution in [-0.2, 0) is 21.6 Å². The quantitative estimate of drug-likeness (QED) is 0.293.